The molecule has 0 bridgehead atoms. The molecule has 3 aromatic rings. The number of ether oxygens (including phenoxy) is 2. The van der Waals surface area contributed by atoms with Crippen LogP contribution >= 0.6 is 11.6 Å². The second-order valence-corrected chi connectivity index (χ2v) is 8.78. The average molecular weight is 539 g/mol. The van der Waals surface area contributed by atoms with Crippen molar-refractivity contribution in [3.63, 3.8) is 0 Å². The monoisotopic (exact) mass is 538 g/mol. The lowest BCUT2D eigenvalue weighted by atomic mass is 10.0. The molecule has 1 heterocycles. The number of aromatic nitrogens is 2. The molecule has 1 aromatic heterocycles. The van der Waals surface area contributed by atoms with Gasteiger partial charge in [0.1, 0.15) is 17.3 Å². The Balaban J connectivity index is 2.08. The minimum atomic E-state index is -4.87. The zero-order valence-electron chi connectivity index (χ0n) is 20.4. The third-order valence-electron chi connectivity index (χ3n) is 5.44. The highest BCUT2D eigenvalue weighted by molar-refractivity contribution is 6.30. The summed E-state index contributed by atoms with van der Waals surface area (Å²) in [6.07, 6.45) is -4.45. The van der Waals surface area contributed by atoms with E-state index in [1.54, 1.807) is 19.1 Å². The van der Waals surface area contributed by atoms with Crippen LogP contribution in [0.2, 0.25) is 5.02 Å². The number of nitrogens with zero attached hydrogens (tertiary/aromatic N) is 3. The van der Waals surface area contributed by atoms with Gasteiger partial charge in [0.25, 0.3) is 5.56 Å². The molecule has 198 valence electrons. The average Bonchev–Trinajstić information content (AvgIpc) is 2.83. The fourth-order valence-corrected chi connectivity index (χ4v) is 3.77. The van der Waals surface area contributed by atoms with Crippen molar-refractivity contribution in [2.24, 2.45) is 23.7 Å². The first kappa shape index (κ1) is 28.0. The predicted molar refractivity (Wildman–Crippen MR) is 135 cm³/mol. The summed E-state index contributed by atoms with van der Waals surface area (Å²) < 4.78 is 50.3. The highest BCUT2D eigenvalue weighted by Crippen LogP contribution is 2.27. The summed E-state index contributed by atoms with van der Waals surface area (Å²) in [5.41, 5.74) is 5.46. The number of hydrogen-bond donors (Lipinski definition) is 1. The van der Waals surface area contributed by atoms with Gasteiger partial charge >= 0.3 is 12.1 Å². The lowest BCUT2D eigenvalue weighted by molar-refractivity contribution is -0.274. The van der Waals surface area contributed by atoms with Crippen molar-refractivity contribution in [3.8, 4) is 11.5 Å². The molecular weight excluding hydrogens is 513 g/mol. The van der Waals surface area contributed by atoms with Gasteiger partial charge in [-0.3, -0.25) is 13.9 Å². The summed E-state index contributed by atoms with van der Waals surface area (Å²) in [7, 11) is 1.46. The maximum absolute atomic E-state index is 12.8. The summed E-state index contributed by atoms with van der Waals surface area (Å²) in [6.45, 7) is 3.46. The van der Waals surface area contributed by atoms with Crippen LogP contribution in [0.25, 0.3) is 0 Å². The van der Waals surface area contributed by atoms with Gasteiger partial charge in [-0.05, 0) is 43.2 Å². The second kappa shape index (κ2) is 11.7. The quantitative estimate of drug-likeness (QED) is 0.339. The molecule has 0 aliphatic heterocycles. The van der Waals surface area contributed by atoms with Gasteiger partial charge < -0.3 is 15.2 Å². The third kappa shape index (κ3) is 7.23. The zero-order chi connectivity index (χ0) is 27.3. The number of rotatable bonds is 8. The number of hydrogen-bond acceptors (Lipinski definition) is 6. The Morgan fingerprint density at radius 3 is 2.41 bits per heavy atom. The van der Waals surface area contributed by atoms with E-state index in [0.29, 0.717) is 11.4 Å². The van der Waals surface area contributed by atoms with E-state index in [-0.39, 0.29) is 36.1 Å². The lowest BCUT2D eigenvalue weighted by Crippen LogP contribution is -2.41. The molecule has 0 aliphatic carbocycles. The Kier molecular flexibility index (Phi) is 8.82. The molecular formula is C25H26ClF3N4O4. The van der Waals surface area contributed by atoms with Crippen molar-refractivity contribution in [1.29, 1.82) is 0 Å². The van der Waals surface area contributed by atoms with Crippen LogP contribution in [-0.4, -0.2) is 27.9 Å². The Morgan fingerprint density at radius 1 is 1.14 bits per heavy atom. The van der Waals surface area contributed by atoms with E-state index in [2.05, 4.69) is 9.73 Å². The van der Waals surface area contributed by atoms with Gasteiger partial charge in [0, 0.05) is 37.1 Å². The summed E-state index contributed by atoms with van der Waals surface area (Å²) in [5.74, 6) is -0.725. The minimum Gasteiger partial charge on any atom is -0.442 e. The Morgan fingerprint density at radius 2 is 1.78 bits per heavy atom. The molecule has 0 aliphatic rings. The number of nitrogens with two attached hydrogens (primary N) is 1. The molecule has 0 saturated heterocycles. The first-order valence-electron chi connectivity index (χ1n) is 11.3. The van der Waals surface area contributed by atoms with E-state index < -0.39 is 29.3 Å². The Labute approximate surface area is 215 Å². The lowest BCUT2D eigenvalue weighted by Gasteiger charge is -2.18. The van der Waals surface area contributed by atoms with Gasteiger partial charge in [0.2, 0.25) is 0 Å². The van der Waals surface area contributed by atoms with Crippen LogP contribution in [0.1, 0.15) is 18.1 Å². The smallest absolute Gasteiger partial charge is 0.442 e. The molecule has 12 heteroatoms. The van der Waals surface area contributed by atoms with Gasteiger partial charge in [0.15, 0.2) is 5.90 Å². The number of benzene rings is 2. The first-order chi connectivity index (χ1) is 17.4. The minimum absolute atomic E-state index is 0.0302. The SMILES string of the molecule is Cc1c(N=C(Oc2cccc(OC(F)(F)F)c2)C(C)Cc2ccc(Cl)cc2)n(C)c(=O)n(CCN)c1=O. The summed E-state index contributed by atoms with van der Waals surface area (Å²) in [6, 6.07) is 12.1. The van der Waals surface area contributed by atoms with Crippen molar-refractivity contribution in [1.82, 2.24) is 9.13 Å². The predicted octanol–water partition coefficient (Wildman–Crippen LogP) is 4.35. The summed E-state index contributed by atoms with van der Waals surface area (Å²) in [5, 5.41) is 0.562. The van der Waals surface area contributed by atoms with E-state index in [1.165, 1.54) is 30.7 Å². The normalized spacial score (nSPS) is 12.9. The number of aliphatic imine (C=N–C) groups is 1. The van der Waals surface area contributed by atoms with E-state index in [9.17, 15) is 22.8 Å². The molecule has 3 rings (SSSR count). The van der Waals surface area contributed by atoms with Gasteiger partial charge in [0.05, 0.1) is 5.56 Å². The zero-order valence-corrected chi connectivity index (χ0v) is 21.1. The van der Waals surface area contributed by atoms with Crippen LogP contribution in [0, 0.1) is 12.8 Å². The molecule has 1 atom stereocenters. The van der Waals surface area contributed by atoms with E-state index in [0.717, 1.165) is 22.3 Å². The number of alkyl halides is 3. The third-order valence-corrected chi connectivity index (χ3v) is 5.70. The van der Waals surface area contributed by atoms with Gasteiger partial charge in [-0.15, -0.1) is 13.2 Å². The van der Waals surface area contributed by atoms with Crippen LogP contribution in [-0.2, 0) is 20.0 Å². The van der Waals surface area contributed by atoms with E-state index in [4.69, 9.17) is 22.1 Å². The van der Waals surface area contributed by atoms with Gasteiger partial charge in [-0.2, -0.15) is 4.99 Å². The fourth-order valence-electron chi connectivity index (χ4n) is 3.65. The Bertz CT molecular complexity index is 1360. The second-order valence-electron chi connectivity index (χ2n) is 8.34. The summed E-state index contributed by atoms with van der Waals surface area (Å²) in [4.78, 5) is 30.1. The molecule has 2 aromatic carbocycles. The maximum atomic E-state index is 12.8. The highest BCUT2D eigenvalue weighted by Gasteiger charge is 2.31. The fraction of sp³-hybridized carbons (Fsp3) is 0.320. The van der Waals surface area contributed by atoms with Crippen LogP contribution < -0.4 is 26.5 Å². The van der Waals surface area contributed by atoms with Crippen molar-refractivity contribution in [2.75, 3.05) is 6.54 Å². The molecule has 0 fully saturated rings. The highest BCUT2D eigenvalue weighted by atomic mass is 35.5. The molecule has 0 saturated carbocycles. The molecule has 2 N–H and O–H groups in total. The molecule has 8 nitrogen and oxygen atoms in total. The maximum Gasteiger partial charge on any atom is 0.573 e. The largest absolute Gasteiger partial charge is 0.573 e. The molecule has 37 heavy (non-hydrogen) atoms. The number of halogens is 4. The van der Waals surface area contributed by atoms with Crippen molar-refractivity contribution >= 4 is 23.3 Å². The molecule has 0 spiro atoms. The molecule has 0 amide bonds. The van der Waals surface area contributed by atoms with Gasteiger partial charge in [-0.1, -0.05) is 36.7 Å². The standard InChI is InChI=1S/C25H26ClF3N4O4/c1-15(13-17-7-9-18(26)10-8-17)22(36-19-5-4-6-20(14-19)37-25(27,28)29)31-21-16(2)23(34)33(12-11-30)24(35)32(21)3/h4-10,14-15H,11-13,30H2,1-3H3. The van der Waals surface area contributed by atoms with E-state index >= 15 is 0 Å². The topological polar surface area (TPSA) is 101 Å². The first-order valence-corrected chi connectivity index (χ1v) is 11.6. The molecule has 1 unspecified atom stereocenters. The summed E-state index contributed by atoms with van der Waals surface area (Å²) >= 11 is 5.97. The van der Waals surface area contributed by atoms with Crippen LogP contribution in [0.5, 0.6) is 11.5 Å². The molecule has 0 radical (unpaired) electrons. The van der Waals surface area contributed by atoms with Crippen LogP contribution in [0.3, 0.4) is 0 Å². The van der Waals surface area contributed by atoms with Crippen LogP contribution in [0.15, 0.2) is 63.1 Å². The van der Waals surface area contributed by atoms with Crippen molar-refractivity contribution in [2.45, 2.75) is 33.2 Å². The van der Waals surface area contributed by atoms with Crippen LogP contribution in [0.4, 0.5) is 19.0 Å². The van der Waals surface area contributed by atoms with Crippen molar-refractivity contribution in [3.05, 3.63) is 85.5 Å². The Hall–Kier alpha value is -3.57. The van der Waals surface area contributed by atoms with Crippen molar-refractivity contribution < 1.29 is 22.6 Å². The van der Waals surface area contributed by atoms with Gasteiger partial charge in [-0.25, -0.2) is 4.79 Å². The van der Waals surface area contributed by atoms with E-state index in [1.807, 2.05) is 12.1 Å².